The molecule has 1 aromatic rings. The largest absolute Gasteiger partial charge is 0.343 e. The monoisotopic (exact) mass is 265 g/mol. The van der Waals surface area contributed by atoms with Crippen LogP contribution >= 0.6 is 11.3 Å². The summed E-state index contributed by atoms with van der Waals surface area (Å²) < 4.78 is 0. The fourth-order valence-corrected chi connectivity index (χ4v) is 3.62. The van der Waals surface area contributed by atoms with E-state index in [1.807, 2.05) is 11.9 Å². The van der Waals surface area contributed by atoms with Crippen molar-refractivity contribution in [1.29, 1.82) is 0 Å². The van der Waals surface area contributed by atoms with Crippen LogP contribution in [0.5, 0.6) is 0 Å². The van der Waals surface area contributed by atoms with Crippen molar-refractivity contribution in [2.75, 3.05) is 7.05 Å². The van der Waals surface area contributed by atoms with Gasteiger partial charge < -0.3 is 4.90 Å². The van der Waals surface area contributed by atoms with Gasteiger partial charge in [0.15, 0.2) is 0 Å². The lowest BCUT2D eigenvalue weighted by Crippen LogP contribution is -2.42. The zero-order valence-electron chi connectivity index (χ0n) is 11.4. The molecule has 0 spiro atoms. The molecule has 2 unspecified atom stereocenters. The predicted octanol–water partition coefficient (Wildman–Crippen LogP) is 3.72. The molecule has 0 aromatic carbocycles. The third kappa shape index (κ3) is 3.35. The number of carbonyl (C=O) groups is 1. The van der Waals surface area contributed by atoms with Crippen LogP contribution in [0.25, 0.3) is 0 Å². The number of nitrogens with zero attached hydrogens (tertiary/aromatic N) is 1. The molecule has 2 rings (SSSR count). The Kier molecular flexibility index (Phi) is 4.81. The summed E-state index contributed by atoms with van der Waals surface area (Å²) in [6.45, 7) is 2.28. The van der Waals surface area contributed by atoms with E-state index >= 15 is 0 Å². The van der Waals surface area contributed by atoms with Crippen LogP contribution in [0.4, 0.5) is 0 Å². The lowest BCUT2D eigenvalue weighted by atomic mass is 9.85. The van der Waals surface area contributed by atoms with Gasteiger partial charge in [-0.25, -0.2) is 0 Å². The maximum absolute atomic E-state index is 12.2. The Bertz CT molecular complexity index is 374. The molecule has 1 heterocycles. The Balaban J connectivity index is 1.84. The van der Waals surface area contributed by atoms with Gasteiger partial charge in [0.05, 0.1) is 0 Å². The third-order valence-electron chi connectivity index (χ3n) is 4.16. The smallest absolute Gasteiger partial charge is 0.222 e. The second kappa shape index (κ2) is 6.37. The van der Waals surface area contributed by atoms with Crippen LogP contribution in [-0.2, 0) is 11.2 Å². The van der Waals surface area contributed by atoms with Gasteiger partial charge in [0.2, 0.25) is 5.91 Å². The van der Waals surface area contributed by atoms with E-state index < -0.39 is 0 Å². The summed E-state index contributed by atoms with van der Waals surface area (Å²) >= 11 is 1.70. The Morgan fingerprint density at radius 3 is 2.89 bits per heavy atom. The highest BCUT2D eigenvalue weighted by atomic mass is 32.1. The van der Waals surface area contributed by atoms with Crippen molar-refractivity contribution < 1.29 is 4.79 Å². The lowest BCUT2D eigenvalue weighted by Gasteiger charge is -2.36. The average molecular weight is 265 g/mol. The second-order valence-corrected chi connectivity index (χ2v) is 6.25. The Morgan fingerprint density at radius 2 is 2.22 bits per heavy atom. The third-order valence-corrected chi connectivity index (χ3v) is 4.90. The summed E-state index contributed by atoms with van der Waals surface area (Å²) in [5.74, 6) is 0.966. The van der Waals surface area contributed by atoms with E-state index in [0.29, 0.717) is 24.3 Å². The van der Waals surface area contributed by atoms with E-state index in [2.05, 4.69) is 23.8 Å². The molecule has 1 amide bonds. The molecular formula is C15H23NOS. The number of rotatable bonds is 4. The van der Waals surface area contributed by atoms with Crippen LogP contribution < -0.4 is 0 Å². The fourth-order valence-electron chi connectivity index (χ4n) is 2.92. The van der Waals surface area contributed by atoms with Gasteiger partial charge in [-0.05, 0) is 47.6 Å². The maximum atomic E-state index is 12.2. The lowest BCUT2D eigenvalue weighted by molar-refractivity contribution is -0.133. The van der Waals surface area contributed by atoms with Gasteiger partial charge in [-0.15, -0.1) is 0 Å². The van der Waals surface area contributed by atoms with Crippen molar-refractivity contribution >= 4 is 17.2 Å². The molecule has 1 fully saturated rings. The summed E-state index contributed by atoms with van der Waals surface area (Å²) in [7, 11) is 1.99. The first-order valence-electron chi connectivity index (χ1n) is 6.95. The van der Waals surface area contributed by atoms with E-state index in [9.17, 15) is 4.79 Å². The second-order valence-electron chi connectivity index (χ2n) is 5.47. The molecule has 100 valence electrons. The van der Waals surface area contributed by atoms with E-state index in [4.69, 9.17) is 0 Å². The summed E-state index contributed by atoms with van der Waals surface area (Å²) in [5.41, 5.74) is 1.29. The number of carbonyl (C=O) groups excluding carboxylic acids is 1. The van der Waals surface area contributed by atoms with Crippen LogP contribution in [0.2, 0.25) is 0 Å². The molecular weight excluding hydrogens is 242 g/mol. The van der Waals surface area contributed by atoms with Gasteiger partial charge >= 0.3 is 0 Å². The molecule has 1 aromatic heterocycles. The Labute approximate surface area is 114 Å². The SMILES string of the molecule is CC1CCCCC1N(C)C(=O)CCc1ccsc1. The number of amides is 1. The highest BCUT2D eigenvalue weighted by molar-refractivity contribution is 7.07. The van der Waals surface area contributed by atoms with Crippen LogP contribution in [0.1, 0.15) is 44.6 Å². The summed E-state index contributed by atoms with van der Waals surface area (Å²) in [6.07, 6.45) is 6.59. The molecule has 0 saturated heterocycles. The number of aryl methyl sites for hydroxylation is 1. The van der Waals surface area contributed by atoms with Crippen molar-refractivity contribution in [3.63, 3.8) is 0 Å². The molecule has 0 aliphatic heterocycles. The van der Waals surface area contributed by atoms with Crippen molar-refractivity contribution in [3.8, 4) is 0 Å². The van der Waals surface area contributed by atoms with Crippen molar-refractivity contribution in [3.05, 3.63) is 22.4 Å². The standard InChI is InChI=1S/C15H23NOS/c1-12-5-3-4-6-14(12)16(2)15(17)8-7-13-9-10-18-11-13/h9-12,14H,3-8H2,1-2H3. The molecule has 18 heavy (non-hydrogen) atoms. The van der Waals surface area contributed by atoms with Crippen molar-refractivity contribution in [2.24, 2.45) is 5.92 Å². The van der Waals surface area contributed by atoms with Gasteiger partial charge in [0.25, 0.3) is 0 Å². The molecule has 2 atom stereocenters. The number of thiophene rings is 1. The van der Waals surface area contributed by atoms with E-state index in [0.717, 1.165) is 6.42 Å². The Hall–Kier alpha value is -0.830. The minimum absolute atomic E-state index is 0.306. The number of hydrogen-bond acceptors (Lipinski definition) is 2. The highest BCUT2D eigenvalue weighted by Gasteiger charge is 2.27. The molecule has 0 bridgehead atoms. The number of hydrogen-bond donors (Lipinski definition) is 0. The highest BCUT2D eigenvalue weighted by Crippen LogP contribution is 2.27. The zero-order valence-corrected chi connectivity index (χ0v) is 12.2. The van der Waals surface area contributed by atoms with Crippen LogP contribution in [0.15, 0.2) is 16.8 Å². The van der Waals surface area contributed by atoms with Gasteiger partial charge in [-0.1, -0.05) is 19.8 Å². The zero-order chi connectivity index (χ0) is 13.0. The van der Waals surface area contributed by atoms with E-state index in [-0.39, 0.29) is 0 Å². The van der Waals surface area contributed by atoms with Crippen LogP contribution in [0.3, 0.4) is 0 Å². The van der Waals surface area contributed by atoms with Crippen LogP contribution in [-0.4, -0.2) is 23.9 Å². The Morgan fingerprint density at radius 1 is 1.44 bits per heavy atom. The first-order valence-corrected chi connectivity index (χ1v) is 7.89. The summed E-state index contributed by atoms with van der Waals surface area (Å²) in [4.78, 5) is 14.2. The maximum Gasteiger partial charge on any atom is 0.222 e. The molecule has 0 N–H and O–H groups in total. The first-order chi connectivity index (χ1) is 8.68. The minimum Gasteiger partial charge on any atom is -0.343 e. The van der Waals surface area contributed by atoms with Crippen molar-refractivity contribution in [1.82, 2.24) is 4.90 Å². The van der Waals surface area contributed by atoms with Gasteiger partial charge in [0.1, 0.15) is 0 Å². The normalized spacial score (nSPS) is 23.9. The van der Waals surface area contributed by atoms with Gasteiger partial charge in [-0.2, -0.15) is 11.3 Å². The average Bonchev–Trinajstić information content (AvgIpc) is 2.89. The molecule has 2 nitrogen and oxygen atoms in total. The van der Waals surface area contributed by atoms with Gasteiger partial charge in [-0.3, -0.25) is 4.79 Å². The molecule has 1 aliphatic carbocycles. The molecule has 1 saturated carbocycles. The predicted molar refractivity (Wildman–Crippen MR) is 76.8 cm³/mol. The summed E-state index contributed by atoms with van der Waals surface area (Å²) in [5, 5.41) is 4.21. The quantitative estimate of drug-likeness (QED) is 0.812. The molecule has 3 heteroatoms. The topological polar surface area (TPSA) is 20.3 Å². The fraction of sp³-hybridized carbons (Fsp3) is 0.667. The van der Waals surface area contributed by atoms with E-state index in [1.165, 1.54) is 31.2 Å². The molecule has 0 radical (unpaired) electrons. The first kappa shape index (κ1) is 13.6. The van der Waals surface area contributed by atoms with E-state index in [1.54, 1.807) is 11.3 Å². The summed E-state index contributed by atoms with van der Waals surface area (Å²) in [6, 6.07) is 2.58. The van der Waals surface area contributed by atoms with Gasteiger partial charge in [0, 0.05) is 19.5 Å². The molecule has 1 aliphatic rings. The van der Waals surface area contributed by atoms with Crippen molar-refractivity contribution in [2.45, 2.75) is 51.5 Å². The minimum atomic E-state index is 0.306. The van der Waals surface area contributed by atoms with Crippen LogP contribution in [0, 0.1) is 5.92 Å².